The zero-order valence-electron chi connectivity index (χ0n) is 10.5. The Morgan fingerprint density at radius 1 is 1.19 bits per heavy atom. The zero-order chi connectivity index (χ0) is 15.6. The summed E-state index contributed by atoms with van der Waals surface area (Å²) in [5.74, 6) is -0.562. The topological polar surface area (TPSA) is 80.4 Å². The highest BCUT2D eigenvalue weighted by Gasteiger charge is 2.16. The Hall–Kier alpha value is -2.11. The van der Waals surface area contributed by atoms with E-state index in [2.05, 4.69) is 0 Å². The minimum atomic E-state index is -0.569. The number of hydrogen-bond acceptors (Lipinski definition) is 4. The largest absolute Gasteiger partial charge is 0.507 e. The van der Waals surface area contributed by atoms with Gasteiger partial charge in [0.15, 0.2) is 5.78 Å². The summed E-state index contributed by atoms with van der Waals surface area (Å²) < 4.78 is 0. The number of nitro benzene ring substituents is 1. The van der Waals surface area contributed by atoms with Gasteiger partial charge in [-0.25, -0.2) is 0 Å². The molecule has 2 aromatic carbocycles. The summed E-state index contributed by atoms with van der Waals surface area (Å²) >= 11 is 11.7. The van der Waals surface area contributed by atoms with Gasteiger partial charge in [-0.1, -0.05) is 29.3 Å². The molecule has 0 radical (unpaired) electrons. The zero-order valence-corrected chi connectivity index (χ0v) is 12.1. The van der Waals surface area contributed by atoms with Crippen molar-refractivity contribution in [2.75, 3.05) is 0 Å². The lowest BCUT2D eigenvalue weighted by Gasteiger charge is -2.06. The lowest BCUT2D eigenvalue weighted by molar-refractivity contribution is -0.384. The van der Waals surface area contributed by atoms with Crippen LogP contribution < -0.4 is 0 Å². The fourth-order valence-corrected chi connectivity index (χ4v) is 2.21. The quantitative estimate of drug-likeness (QED) is 0.522. The number of phenols is 1. The second-order valence-electron chi connectivity index (χ2n) is 4.29. The Morgan fingerprint density at radius 2 is 1.90 bits per heavy atom. The van der Waals surface area contributed by atoms with E-state index in [1.807, 2.05) is 0 Å². The smallest absolute Gasteiger partial charge is 0.270 e. The molecular formula is C14H9Cl2NO4. The van der Waals surface area contributed by atoms with E-state index in [1.54, 1.807) is 0 Å². The number of benzene rings is 2. The number of aromatic hydroxyl groups is 1. The summed E-state index contributed by atoms with van der Waals surface area (Å²) in [6, 6.07) is 8.02. The summed E-state index contributed by atoms with van der Waals surface area (Å²) in [6.45, 7) is 0. The van der Waals surface area contributed by atoms with Crippen molar-refractivity contribution >= 4 is 34.7 Å². The van der Waals surface area contributed by atoms with Crippen LogP contribution in [-0.4, -0.2) is 15.8 Å². The van der Waals surface area contributed by atoms with Gasteiger partial charge < -0.3 is 5.11 Å². The molecule has 0 bridgehead atoms. The predicted molar refractivity (Wildman–Crippen MR) is 79.3 cm³/mol. The molecule has 108 valence electrons. The molecule has 0 spiro atoms. The van der Waals surface area contributed by atoms with Crippen LogP contribution in [0, 0.1) is 10.1 Å². The molecule has 0 saturated carbocycles. The first kappa shape index (κ1) is 15.3. The molecule has 0 aliphatic heterocycles. The monoisotopic (exact) mass is 325 g/mol. The first-order chi connectivity index (χ1) is 9.88. The third-order valence-corrected chi connectivity index (χ3v) is 3.44. The van der Waals surface area contributed by atoms with Crippen LogP contribution in [-0.2, 0) is 6.42 Å². The van der Waals surface area contributed by atoms with Crippen LogP contribution in [0.4, 0.5) is 5.69 Å². The average molecular weight is 326 g/mol. The van der Waals surface area contributed by atoms with Crippen LogP contribution >= 0.6 is 23.2 Å². The molecule has 0 fully saturated rings. The summed E-state index contributed by atoms with van der Waals surface area (Å²) in [5.41, 5.74) is 0.366. The Labute approximate surface area is 129 Å². The van der Waals surface area contributed by atoms with Gasteiger partial charge in [0, 0.05) is 23.6 Å². The molecule has 0 atom stereocenters. The van der Waals surface area contributed by atoms with Crippen LogP contribution in [0.15, 0.2) is 36.4 Å². The van der Waals surface area contributed by atoms with Gasteiger partial charge in [0.05, 0.1) is 15.5 Å². The van der Waals surface area contributed by atoms with Gasteiger partial charge in [-0.3, -0.25) is 14.9 Å². The van der Waals surface area contributed by atoms with Gasteiger partial charge in [0.25, 0.3) is 5.69 Å². The van der Waals surface area contributed by atoms with Crippen LogP contribution in [0.2, 0.25) is 10.0 Å². The average Bonchev–Trinajstić information content (AvgIpc) is 2.43. The first-order valence-electron chi connectivity index (χ1n) is 5.83. The van der Waals surface area contributed by atoms with Crippen molar-refractivity contribution in [2.24, 2.45) is 0 Å². The number of hydrogen-bond donors (Lipinski definition) is 1. The standard InChI is InChI=1S/C14H9Cl2NO4/c15-9-2-4-13(18)11(6-9)14(19)5-8-1-3-10(17(20)21)7-12(8)16/h1-4,6-7,18H,5H2. The molecular weight excluding hydrogens is 317 g/mol. The predicted octanol–water partition coefficient (Wildman–Crippen LogP) is 4.03. The van der Waals surface area contributed by atoms with Crippen molar-refractivity contribution in [1.82, 2.24) is 0 Å². The highest BCUT2D eigenvalue weighted by Crippen LogP contribution is 2.26. The molecule has 0 aliphatic rings. The van der Waals surface area contributed by atoms with Gasteiger partial charge in [-0.2, -0.15) is 0 Å². The number of nitrogens with zero attached hydrogens (tertiary/aromatic N) is 1. The molecule has 0 saturated heterocycles. The molecule has 0 amide bonds. The van der Waals surface area contributed by atoms with E-state index >= 15 is 0 Å². The number of carbonyl (C=O) groups excluding carboxylic acids is 1. The maximum Gasteiger partial charge on any atom is 0.270 e. The number of ketones is 1. The van der Waals surface area contributed by atoms with Crippen molar-refractivity contribution in [3.05, 3.63) is 67.7 Å². The molecule has 7 heteroatoms. The molecule has 5 nitrogen and oxygen atoms in total. The summed E-state index contributed by atoms with van der Waals surface area (Å²) in [6.07, 6.45) is -0.0925. The summed E-state index contributed by atoms with van der Waals surface area (Å²) in [5, 5.41) is 20.7. The minimum Gasteiger partial charge on any atom is -0.507 e. The van der Waals surface area contributed by atoms with Crippen molar-refractivity contribution in [1.29, 1.82) is 0 Å². The van der Waals surface area contributed by atoms with Gasteiger partial charge >= 0.3 is 0 Å². The number of nitro groups is 1. The van der Waals surface area contributed by atoms with E-state index in [4.69, 9.17) is 23.2 Å². The second kappa shape index (κ2) is 6.11. The maximum atomic E-state index is 12.1. The number of halogens is 2. The van der Waals surface area contributed by atoms with Crippen molar-refractivity contribution < 1.29 is 14.8 Å². The van der Waals surface area contributed by atoms with Gasteiger partial charge in [-0.15, -0.1) is 0 Å². The van der Waals surface area contributed by atoms with E-state index in [0.29, 0.717) is 10.6 Å². The Balaban J connectivity index is 2.27. The van der Waals surface area contributed by atoms with E-state index in [1.165, 1.54) is 36.4 Å². The summed E-state index contributed by atoms with van der Waals surface area (Å²) in [7, 11) is 0. The van der Waals surface area contributed by atoms with Crippen LogP contribution in [0.5, 0.6) is 5.75 Å². The number of rotatable bonds is 4. The van der Waals surface area contributed by atoms with Crippen molar-refractivity contribution in [3.63, 3.8) is 0 Å². The Morgan fingerprint density at radius 3 is 2.52 bits per heavy atom. The SMILES string of the molecule is O=C(Cc1ccc([N+](=O)[O-])cc1Cl)c1cc(Cl)ccc1O. The Kier molecular flexibility index (Phi) is 4.45. The van der Waals surface area contributed by atoms with Crippen molar-refractivity contribution in [2.45, 2.75) is 6.42 Å². The molecule has 21 heavy (non-hydrogen) atoms. The normalized spacial score (nSPS) is 10.4. The molecule has 0 heterocycles. The number of phenolic OH excluding ortho intramolecular Hbond substituents is 1. The number of non-ortho nitro benzene ring substituents is 1. The molecule has 0 aromatic heterocycles. The highest BCUT2D eigenvalue weighted by atomic mass is 35.5. The molecule has 0 unspecified atom stereocenters. The minimum absolute atomic E-state index is 0.0805. The number of carbonyl (C=O) groups is 1. The van der Waals surface area contributed by atoms with Crippen LogP contribution in [0.3, 0.4) is 0 Å². The van der Waals surface area contributed by atoms with E-state index < -0.39 is 4.92 Å². The second-order valence-corrected chi connectivity index (χ2v) is 5.14. The molecule has 2 rings (SSSR count). The van der Waals surface area contributed by atoms with Gasteiger partial charge in [0.2, 0.25) is 0 Å². The molecule has 1 N–H and O–H groups in total. The lowest BCUT2D eigenvalue weighted by atomic mass is 10.0. The van der Waals surface area contributed by atoms with E-state index in [9.17, 15) is 20.0 Å². The maximum absolute atomic E-state index is 12.1. The Bertz CT molecular complexity index is 731. The third kappa shape index (κ3) is 3.51. The molecule has 0 aliphatic carbocycles. The first-order valence-corrected chi connectivity index (χ1v) is 6.58. The van der Waals surface area contributed by atoms with Crippen LogP contribution in [0.1, 0.15) is 15.9 Å². The van der Waals surface area contributed by atoms with Gasteiger partial charge in [0.1, 0.15) is 5.75 Å². The number of Topliss-reactive ketones (excluding diaryl/α,β-unsaturated/α-hetero) is 1. The van der Waals surface area contributed by atoms with Crippen LogP contribution in [0.25, 0.3) is 0 Å². The van der Waals surface area contributed by atoms with Crippen molar-refractivity contribution in [3.8, 4) is 5.75 Å². The summed E-state index contributed by atoms with van der Waals surface area (Å²) in [4.78, 5) is 22.2. The fourth-order valence-electron chi connectivity index (χ4n) is 1.79. The van der Waals surface area contributed by atoms with E-state index in [-0.39, 0.29) is 34.2 Å². The lowest BCUT2D eigenvalue weighted by Crippen LogP contribution is -2.04. The van der Waals surface area contributed by atoms with E-state index in [0.717, 1.165) is 0 Å². The van der Waals surface area contributed by atoms with Gasteiger partial charge in [-0.05, 0) is 23.8 Å². The highest BCUT2D eigenvalue weighted by molar-refractivity contribution is 6.32. The fraction of sp³-hybridized carbons (Fsp3) is 0.0714. The molecule has 2 aromatic rings. The third-order valence-electron chi connectivity index (χ3n) is 2.86.